The second-order valence-electron chi connectivity index (χ2n) is 4.68. The summed E-state index contributed by atoms with van der Waals surface area (Å²) in [6.45, 7) is -0.0272. The lowest BCUT2D eigenvalue weighted by Crippen LogP contribution is -1.99. The number of aliphatic hydroxyl groups excluding tert-OH is 1. The minimum atomic E-state index is -0.0272. The molecule has 0 fully saturated rings. The first-order valence-electron chi connectivity index (χ1n) is 6.58. The average molecular weight is 264 g/mol. The van der Waals surface area contributed by atoms with Gasteiger partial charge < -0.3 is 9.67 Å². The molecule has 1 aromatic heterocycles. The third kappa shape index (κ3) is 2.12. The lowest BCUT2D eigenvalue weighted by Gasteiger charge is -2.04. The maximum atomic E-state index is 9.66. The molecule has 0 saturated carbocycles. The van der Waals surface area contributed by atoms with Crippen molar-refractivity contribution in [2.75, 3.05) is 0 Å². The summed E-state index contributed by atoms with van der Waals surface area (Å²) >= 11 is 0. The summed E-state index contributed by atoms with van der Waals surface area (Å²) < 4.78 is 1.96. The van der Waals surface area contributed by atoms with Gasteiger partial charge in [0.15, 0.2) is 0 Å². The number of hydrogen-bond acceptors (Lipinski definition) is 2. The molecule has 1 N–H and O–H groups in total. The molecule has 0 saturated heterocycles. The Hall–Kier alpha value is -2.39. The highest BCUT2D eigenvalue weighted by molar-refractivity contribution is 5.68. The quantitative estimate of drug-likeness (QED) is 0.788. The molecule has 2 aromatic carbocycles. The highest BCUT2D eigenvalue weighted by Gasteiger charge is 2.16. The van der Waals surface area contributed by atoms with Crippen molar-refractivity contribution in [3.8, 4) is 22.6 Å². The smallest absolute Gasteiger partial charge is 0.140 e. The second kappa shape index (κ2) is 5.31. The molecule has 0 aliphatic carbocycles. The maximum Gasteiger partial charge on any atom is 0.140 e. The Labute approximate surface area is 118 Å². The normalized spacial score (nSPS) is 10.7. The van der Waals surface area contributed by atoms with Crippen LogP contribution in [0, 0.1) is 0 Å². The lowest BCUT2D eigenvalue weighted by molar-refractivity contribution is 0.273. The molecule has 0 bridgehead atoms. The Morgan fingerprint density at radius 3 is 2.00 bits per heavy atom. The van der Waals surface area contributed by atoms with E-state index < -0.39 is 0 Å². The second-order valence-corrected chi connectivity index (χ2v) is 4.68. The van der Waals surface area contributed by atoms with Crippen LogP contribution >= 0.6 is 0 Å². The van der Waals surface area contributed by atoms with Gasteiger partial charge in [-0.05, 0) is 0 Å². The Kier molecular flexibility index (Phi) is 3.35. The lowest BCUT2D eigenvalue weighted by atomic mass is 10.1. The van der Waals surface area contributed by atoms with E-state index in [1.165, 1.54) is 0 Å². The van der Waals surface area contributed by atoms with Crippen molar-refractivity contribution in [3.05, 3.63) is 66.4 Å². The van der Waals surface area contributed by atoms with Crippen LogP contribution in [0.5, 0.6) is 0 Å². The highest BCUT2D eigenvalue weighted by atomic mass is 16.3. The van der Waals surface area contributed by atoms with E-state index in [-0.39, 0.29) is 6.61 Å². The van der Waals surface area contributed by atoms with E-state index in [2.05, 4.69) is 0 Å². The van der Waals surface area contributed by atoms with Crippen molar-refractivity contribution in [2.45, 2.75) is 6.61 Å². The first kappa shape index (κ1) is 12.6. The van der Waals surface area contributed by atoms with Gasteiger partial charge in [-0.2, -0.15) is 0 Å². The third-order valence-corrected chi connectivity index (χ3v) is 3.44. The van der Waals surface area contributed by atoms with Crippen LogP contribution in [0.15, 0.2) is 60.7 Å². The maximum absolute atomic E-state index is 9.66. The van der Waals surface area contributed by atoms with Gasteiger partial charge in [-0.15, -0.1) is 0 Å². The Bertz CT molecular complexity index is 703. The zero-order chi connectivity index (χ0) is 13.9. The SMILES string of the molecule is Cn1c(-c2ccccc2)nc(-c2ccccc2)c1CO. The van der Waals surface area contributed by atoms with Gasteiger partial charge in [0.1, 0.15) is 5.82 Å². The van der Waals surface area contributed by atoms with Gasteiger partial charge in [0.05, 0.1) is 18.0 Å². The van der Waals surface area contributed by atoms with E-state index in [0.29, 0.717) is 0 Å². The van der Waals surface area contributed by atoms with Gasteiger partial charge >= 0.3 is 0 Å². The molecular formula is C17H16N2O. The molecule has 100 valence electrons. The first-order chi connectivity index (χ1) is 9.81. The summed E-state index contributed by atoms with van der Waals surface area (Å²) in [4.78, 5) is 4.72. The molecule has 1 heterocycles. The van der Waals surface area contributed by atoms with E-state index in [4.69, 9.17) is 4.98 Å². The van der Waals surface area contributed by atoms with Gasteiger partial charge in [0.25, 0.3) is 0 Å². The van der Waals surface area contributed by atoms with Crippen LogP contribution in [0.25, 0.3) is 22.6 Å². The van der Waals surface area contributed by atoms with Crippen molar-refractivity contribution < 1.29 is 5.11 Å². The number of benzene rings is 2. The fraction of sp³-hybridized carbons (Fsp3) is 0.118. The van der Waals surface area contributed by atoms with Gasteiger partial charge in [0, 0.05) is 18.2 Å². The predicted octanol–water partition coefficient (Wildman–Crippen LogP) is 3.25. The van der Waals surface area contributed by atoms with Crippen LogP contribution in [0.3, 0.4) is 0 Å². The number of rotatable bonds is 3. The highest BCUT2D eigenvalue weighted by Crippen LogP contribution is 2.28. The summed E-state index contributed by atoms with van der Waals surface area (Å²) in [5.41, 5.74) is 3.74. The van der Waals surface area contributed by atoms with Gasteiger partial charge in [-0.25, -0.2) is 4.98 Å². The van der Waals surface area contributed by atoms with E-state index in [0.717, 1.165) is 28.3 Å². The van der Waals surface area contributed by atoms with Gasteiger partial charge in [0.2, 0.25) is 0 Å². The number of imidazole rings is 1. The summed E-state index contributed by atoms with van der Waals surface area (Å²) in [6.07, 6.45) is 0. The van der Waals surface area contributed by atoms with E-state index in [1.54, 1.807) is 0 Å². The Balaban J connectivity index is 2.18. The van der Waals surface area contributed by atoms with Crippen LogP contribution in [-0.4, -0.2) is 14.7 Å². The zero-order valence-corrected chi connectivity index (χ0v) is 11.3. The van der Waals surface area contributed by atoms with E-state index in [9.17, 15) is 5.11 Å². The standard InChI is InChI=1S/C17H16N2O/c1-19-15(12-20)16(13-8-4-2-5-9-13)18-17(19)14-10-6-3-7-11-14/h2-11,20H,12H2,1H3. The largest absolute Gasteiger partial charge is 0.390 e. The van der Waals surface area contributed by atoms with Crippen molar-refractivity contribution in [3.63, 3.8) is 0 Å². The molecule has 3 aromatic rings. The summed E-state index contributed by atoms with van der Waals surface area (Å²) in [5, 5.41) is 9.66. The van der Waals surface area contributed by atoms with Crippen molar-refractivity contribution in [1.82, 2.24) is 9.55 Å². The molecule has 3 rings (SSSR count). The minimum absolute atomic E-state index is 0.0272. The van der Waals surface area contributed by atoms with Crippen molar-refractivity contribution >= 4 is 0 Å². The van der Waals surface area contributed by atoms with Crippen molar-refractivity contribution in [2.24, 2.45) is 7.05 Å². The summed E-state index contributed by atoms with van der Waals surface area (Å²) in [6, 6.07) is 20.0. The van der Waals surface area contributed by atoms with Crippen LogP contribution in [-0.2, 0) is 13.7 Å². The van der Waals surface area contributed by atoms with Crippen molar-refractivity contribution in [1.29, 1.82) is 0 Å². The predicted molar refractivity (Wildman–Crippen MR) is 80.0 cm³/mol. The molecule has 0 spiro atoms. The number of hydrogen-bond donors (Lipinski definition) is 1. The number of aromatic nitrogens is 2. The van der Waals surface area contributed by atoms with Crippen LogP contribution in [0.1, 0.15) is 5.69 Å². The van der Waals surface area contributed by atoms with E-state index >= 15 is 0 Å². The number of aliphatic hydroxyl groups is 1. The first-order valence-corrected chi connectivity index (χ1v) is 6.58. The molecule has 3 nitrogen and oxygen atoms in total. The molecule has 0 amide bonds. The fourth-order valence-corrected chi connectivity index (χ4v) is 2.39. The van der Waals surface area contributed by atoms with Crippen LogP contribution in [0.4, 0.5) is 0 Å². The minimum Gasteiger partial charge on any atom is -0.390 e. The summed E-state index contributed by atoms with van der Waals surface area (Å²) in [7, 11) is 1.94. The molecular weight excluding hydrogens is 248 g/mol. The molecule has 0 unspecified atom stereocenters. The molecule has 0 aliphatic rings. The van der Waals surface area contributed by atoms with Crippen LogP contribution in [0.2, 0.25) is 0 Å². The van der Waals surface area contributed by atoms with Gasteiger partial charge in [-0.3, -0.25) is 0 Å². The summed E-state index contributed by atoms with van der Waals surface area (Å²) in [5.74, 6) is 0.869. The molecule has 0 atom stereocenters. The molecule has 20 heavy (non-hydrogen) atoms. The molecule has 3 heteroatoms. The Morgan fingerprint density at radius 1 is 0.900 bits per heavy atom. The van der Waals surface area contributed by atoms with Gasteiger partial charge in [-0.1, -0.05) is 60.7 Å². The average Bonchev–Trinajstić information content (AvgIpc) is 2.86. The fourth-order valence-electron chi connectivity index (χ4n) is 2.39. The zero-order valence-electron chi connectivity index (χ0n) is 11.3. The topological polar surface area (TPSA) is 38.0 Å². The number of nitrogens with zero attached hydrogens (tertiary/aromatic N) is 2. The third-order valence-electron chi connectivity index (χ3n) is 3.44. The molecule has 0 aliphatic heterocycles. The van der Waals surface area contributed by atoms with Crippen LogP contribution < -0.4 is 0 Å². The monoisotopic (exact) mass is 264 g/mol. The Morgan fingerprint density at radius 2 is 1.45 bits per heavy atom. The van der Waals surface area contributed by atoms with E-state index in [1.807, 2.05) is 72.3 Å². The molecule has 0 radical (unpaired) electrons.